The van der Waals surface area contributed by atoms with Gasteiger partial charge in [-0.15, -0.1) is 0 Å². The molecule has 2 aromatic rings. The molecule has 2 aromatic heterocycles. The molecule has 0 bridgehead atoms. The molecule has 2 fully saturated rings. The van der Waals surface area contributed by atoms with E-state index >= 15 is 0 Å². The lowest BCUT2D eigenvalue weighted by molar-refractivity contribution is 0.0108. The number of hydrogen-bond donors (Lipinski definition) is 1. The van der Waals surface area contributed by atoms with Crippen molar-refractivity contribution in [2.45, 2.75) is 31.8 Å². The molecule has 1 unspecified atom stereocenters. The van der Waals surface area contributed by atoms with E-state index in [2.05, 4.69) is 37.2 Å². The second-order valence-corrected chi connectivity index (χ2v) is 7.33. The van der Waals surface area contributed by atoms with Gasteiger partial charge in [-0.1, -0.05) is 0 Å². The molecule has 27 heavy (non-hydrogen) atoms. The van der Waals surface area contributed by atoms with Crippen LogP contribution in [0.5, 0.6) is 0 Å². The number of rotatable bonds is 6. The van der Waals surface area contributed by atoms with Crippen molar-refractivity contribution < 1.29 is 9.15 Å². The zero-order valence-corrected chi connectivity index (χ0v) is 16.0. The third-order valence-electron chi connectivity index (χ3n) is 5.51. The second kappa shape index (κ2) is 8.82. The van der Waals surface area contributed by atoms with Gasteiger partial charge < -0.3 is 19.4 Å². The van der Waals surface area contributed by atoms with E-state index in [1.807, 2.05) is 25.4 Å². The summed E-state index contributed by atoms with van der Waals surface area (Å²) in [5, 5.41) is 3.79. The molecule has 7 nitrogen and oxygen atoms in total. The van der Waals surface area contributed by atoms with Gasteiger partial charge in [-0.2, -0.15) is 0 Å². The van der Waals surface area contributed by atoms with Crippen molar-refractivity contribution >= 4 is 5.95 Å². The fourth-order valence-electron chi connectivity index (χ4n) is 3.95. The average Bonchev–Trinajstić information content (AvgIpc) is 3.16. The smallest absolute Gasteiger partial charge is 0.225 e. The zero-order chi connectivity index (χ0) is 18.5. The number of furan rings is 1. The molecule has 146 valence electrons. The maximum Gasteiger partial charge on any atom is 0.225 e. The van der Waals surface area contributed by atoms with Crippen LogP contribution in [0.2, 0.25) is 0 Å². The molecule has 1 N–H and O–H groups in total. The minimum Gasteiger partial charge on any atom is -0.465 e. The van der Waals surface area contributed by atoms with Gasteiger partial charge >= 0.3 is 0 Å². The molecule has 0 aliphatic carbocycles. The molecule has 0 spiro atoms. The first kappa shape index (κ1) is 18.4. The highest BCUT2D eigenvalue weighted by Crippen LogP contribution is 2.24. The third-order valence-corrected chi connectivity index (χ3v) is 5.51. The van der Waals surface area contributed by atoms with E-state index in [9.17, 15) is 0 Å². The van der Waals surface area contributed by atoms with Gasteiger partial charge in [0.2, 0.25) is 5.95 Å². The summed E-state index contributed by atoms with van der Waals surface area (Å²) in [6, 6.07) is 6.82. The van der Waals surface area contributed by atoms with Crippen molar-refractivity contribution in [3.05, 3.63) is 42.1 Å². The minimum absolute atomic E-state index is 0.262. The SMILES string of the molecule is Cc1ccc(C(CNC2CCN(c3ncccn3)CC2)N2CCOCC2)o1. The van der Waals surface area contributed by atoms with E-state index < -0.39 is 0 Å². The molecule has 0 aromatic carbocycles. The highest BCUT2D eigenvalue weighted by molar-refractivity contribution is 5.29. The standard InChI is InChI=1S/C20H29N5O2/c1-16-3-4-19(27-16)18(24-11-13-26-14-12-24)15-23-17-5-9-25(10-6-17)20-21-7-2-8-22-20/h2-4,7-8,17-18,23H,5-6,9-15H2,1H3. The molecule has 0 saturated carbocycles. The van der Waals surface area contributed by atoms with Crippen LogP contribution in [0.1, 0.15) is 30.4 Å². The summed E-state index contributed by atoms with van der Waals surface area (Å²) in [5.41, 5.74) is 0. The second-order valence-electron chi connectivity index (χ2n) is 7.33. The number of hydrogen-bond acceptors (Lipinski definition) is 7. The van der Waals surface area contributed by atoms with Crippen molar-refractivity contribution in [2.75, 3.05) is 50.8 Å². The predicted octanol–water partition coefficient (Wildman–Crippen LogP) is 2.01. The Morgan fingerprint density at radius 2 is 1.85 bits per heavy atom. The maximum atomic E-state index is 5.97. The fourth-order valence-corrected chi connectivity index (χ4v) is 3.95. The highest BCUT2D eigenvalue weighted by Gasteiger charge is 2.27. The van der Waals surface area contributed by atoms with E-state index in [0.717, 1.165) is 76.2 Å². The van der Waals surface area contributed by atoms with Crippen molar-refractivity contribution in [1.82, 2.24) is 20.2 Å². The first-order valence-corrected chi connectivity index (χ1v) is 9.93. The Labute approximate surface area is 160 Å². The zero-order valence-electron chi connectivity index (χ0n) is 16.0. The van der Waals surface area contributed by atoms with Crippen LogP contribution in [0.4, 0.5) is 5.95 Å². The lowest BCUT2D eigenvalue weighted by Gasteiger charge is -2.36. The monoisotopic (exact) mass is 371 g/mol. The number of aromatic nitrogens is 2. The van der Waals surface area contributed by atoms with Gasteiger partial charge in [0.05, 0.1) is 19.3 Å². The van der Waals surface area contributed by atoms with Crippen LogP contribution in [0.25, 0.3) is 0 Å². The summed E-state index contributed by atoms with van der Waals surface area (Å²) in [6.45, 7) is 8.39. The third kappa shape index (κ3) is 4.66. The van der Waals surface area contributed by atoms with Crippen molar-refractivity contribution in [2.24, 2.45) is 0 Å². The Balaban J connectivity index is 1.33. The van der Waals surface area contributed by atoms with Gasteiger partial charge in [-0.3, -0.25) is 4.90 Å². The van der Waals surface area contributed by atoms with Crippen LogP contribution < -0.4 is 10.2 Å². The Hall–Kier alpha value is -1.96. The number of piperidine rings is 1. The minimum atomic E-state index is 0.262. The largest absolute Gasteiger partial charge is 0.465 e. The van der Waals surface area contributed by atoms with Gasteiger partial charge in [0.1, 0.15) is 11.5 Å². The number of aryl methyl sites for hydroxylation is 1. The van der Waals surface area contributed by atoms with E-state index in [4.69, 9.17) is 9.15 Å². The first-order chi connectivity index (χ1) is 13.3. The van der Waals surface area contributed by atoms with Gasteiger partial charge in [-0.05, 0) is 38.0 Å². The lowest BCUT2D eigenvalue weighted by Crippen LogP contribution is -2.47. The van der Waals surface area contributed by atoms with E-state index in [-0.39, 0.29) is 6.04 Å². The quantitative estimate of drug-likeness (QED) is 0.833. The molecule has 0 amide bonds. The summed E-state index contributed by atoms with van der Waals surface area (Å²) >= 11 is 0. The number of morpholine rings is 1. The summed E-state index contributed by atoms with van der Waals surface area (Å²) in [7, 11) is 0. The topological polar surface area (TPSA) is 66.7 Å². The van der Waals surface area contributed by atoms with Crippen LogP contribution in [0.15, 0.2) is 35.0 Å². The summed E-state index contributed by atoms with van der Waals surface area (Å²) in [5.74, 6) is 2.87. The van der Waals surface area contributed by atoms with Crippen LogP contribution in [0.3, 0.4) is 0 Å². The van der Waals surface area contributed by atoms with Gasteiger partial charge in [-0.25, -0.2) is 9.97 Å². The van der Waals surface area contributed by atoms with Crippen LogP contribution in [0, 0.1) is 6.92 Å². The first-order valence-electron chi connectivity index (χ1n) is 9.93. The molecule has 4 heterocycles. The Kier molecular flexibility index (Phi) is 6.01. The predicted molar refractivity (Wildman–Crippen MR) is 104 cm³/mol. The Morgan fingerprint density at radius 1 is 1.11 bits per heavy atom. The molecule has 2 saturated heterocycles. The molecule has 1 atom stereocenters. The number of nitrogens with zero attached hydrogens (tertiary/aromatic N) is 4. The van der Waals surface area contributed by atoms with Gasteiger partial charge in [0, 0.05) is 51.2 Å². The number of nitrogens with one attached hydrogen (secondary N) is 1. The van der Waals surface area contributed by atoms with Crippen molar-refractivity contribution in [1.29, 1.82) is 0 Å². The summed E-state index contributed by atoms with van der Waals surface area (Å²) in [4.78, 5) is 13.5. The highest BCUT2D eigenvalue weighted by atomic mass is 16.5. The normalized spacial score (nSPS) is 20.7. The summed E-state index contributed by atoms with van der Waals surface area (Å²) < 4.78 is 11.5. The van der Waals surface area contributed by atoms with E-state index in [1.54, 1.807) is 0 Å². The van der Waals surface area contributed by atoms with Crippen LogP contribution in [-0.4, -0.2) is 66.8 Å². The number of ether oxygens (including phenoxy) is 1. The Bertz CT molecular complexity index is 693. The van der Waals surface area contributed by atoms with Crippen LogP contribution >= 0.6 is 0 Å². The molecule has 7 heteroatoms. The van der Waals surface area contributed by atoms with E-state index in [0.29, 0.717) is 6.04 Å². The molecule has 0 radical (unpaired) electrons. The molecular formula is C20H29N5O2. The molecule has 2 aliphatic rings. The lowest BCUT2D eigenvalue weighted by atomic mass is 10.0. The number of anilines is 1. The average molecular weight is 371 g/mol. The molecular weight excluding hydrogens is 342 g/mol. The van der Waals surface area contributed by atoms with E-state index in [1.165, 1.54) is 0 Å². The van der Waals surface area contributed by atoms with Gasteiger partial charge in [0.25, 0.3) is 0 Å². The Morgan fingerprint density at radius 3 is 2.52 bits per heavy atom. The summed E-state index contributed by atoms with van der Waals surface area (Å²) in [6.07, 6.45) is 5.83. The van der Waals surface area contributed by atoms with Crippen molar-refractivity contribution in [3.63, 3.8) is 0 Å². The molecule has 4 rings (SSSR count). The molecule has 2 aliphatic heterocycles. The van der Waals surface area contributed by atoms with Crippen LogP contribution in [-0.2, 0) is 4.74 Å². The van der Waals surface area contributed by atoms with Crippen molar-refractivity contribution in [3.8, 4) is 0 Å². The van der Waals surface area contributed by atoms with Gasteiger partial charge in [0.15, 0.2) is 0 Å². The maximum absolute atomic E-state index is 5.97. The fraction of sp³-hybridized carbons (Fsp3) is 0.600.